The fraction of sp³-hybridized carbons (Fsp3) is 0.0455. The minimum absolute atomic E-state index is 0.111. The van der Waals surface area contributed by atoms with Crippen LogP contribution in [-0.2, 0) is 4.79 Å². The lowest BCUT2D eigenvalue weighted by Crippen LogP contribution is -2.24. The number of carbonyl (C=O) groups is 3. The lowest BCUT2D eigenvalue weighted by atomic mass is 10.1. The fourth-order valence-corrected chi connectivity index (χ4v) is 2.81. The summed E-state index contributed by atoms with van der Waals surface area (Å²) < 4.78 is 6.31. The predicted molar refractivity (Wildman–Crippen MR) is 113 cm³/mol. The van der Waals surface area contributed by atoms with E-state index in [1.54, 1.807) is 36.4 Å². The molecule has 8 heteroatoms. The van der Waals surface area contributed by atoms with Crippen LogP contribution in [0.2, 0.25) is 0 Å². The van der Waals surface area contributed by atoms with Crippen molar-refractivity contribution in [2.24, 2.45) is 0 Å². The molecule has 152 valence electrons. The van der Waals surface area contributed by atoms with Crippen molar-refractivity contribution in [2.75, 3.05) is 17.2 Å². The second-order valence-electron chi connectivity index (χ2n) is 6.16. The number of rotatable bonds is 7. The second kappa shape index (κ2) is 9.71. The molecule has 0 aliphatic rings. The van der Waals surface area contributed by atoms with Crippen molar-refractivity contribution >= 4 is 45.1 Å². The van der Waals surface area contributed by atoms with Crippen LogP contribution in [0.15, 0.2) is 77.3 Å². The summed E-state index contributed by atoms with van der Waals surface area (Å²) in [4.78, 5) is 35.5. The standard InChI is InChI=1S/C22H17BrN2O5/c23-15-7-11-17(12-8-15)30-13-20(26)24-16-9-5-14(6-10-16)21(27)25-19-4-2-1-3-18(19)22(28)29/h1-12H,13H2,(H,24,26)(H,25,27)(H,28,29)/p-1. The minimum atomic E-state index is -1.38. The molecule has 3 aromatic rings. The molecule has 0 atom stereocenters. The Bertz CT molecular complexity index is 1070. The number of benzene rings is 3. The maximum absolute atomic E-state index is 12.4. The Hall–Kier alpha value is -3.65. The Morgan fingerprint density at radius 2 is 1.53 bits per heavy atom. The molecule has 0 radical (unpaired) electrons. The lowest BCUT2D eigenvalue weighted by Gasteiger charge is -2.12. The van der Waals surface area contributed by atoms with Crippen molar-refractivity contribution in [1.82, 2.24) is 0 Å². The molecule has 0 saturated carbocycles. The number of nitrogens with one attached hydrogen (secondary N) is 2. The number of carbonyl (C=O) groups excluding carboxylic acids is 3. The number of hydrogen-bond donors (Lipinski definition) is 2. The maximum atomic E-state index is 12.4. The van der Waals surface area contributed by atoms with E-state index in [4.69, 9.17) is 4.74 Å². The monoisotopic (exact) mass is 467 g/mol. The topological polar surface area (TPSA) is 108 Å². The van der Waals surface area contributed by atoms with Crippen LogP contribution in [0.1, 0.15) is 20.7 Å². The Balaban J connectivity index is 1.56. The van der Waals surface area contributed by atoms with Gasteiger partial charge >= 0.3 is 0 Å². The third kappa shape index (κ3) is 5.68. The Morgan fingerprint density at radius 1 is 0.867 bits per heavy atom. The number of amides is 2. The van der Waals surface area contributed by atoms with Crippen LogP contribution in [0.3, 0.4) is 0 Å². The fourth-order valence-electron chi connectivity index (χ4n) is 2.55. The smallest absolute Gasteiger partial charge is 0.262 e. The van der Waals surface area contributed by atoms with E-state index in [0.29, 0.717) is 17.0 Å². The highest BCUT2D eigenvalue weighted by Gasteiger charge is 2.10. The third-order valence-corrected chi connectivity index (χ3v) is 4.54. The average Bonchev–Trinajstić information content (AvgIpc) is 2.74. The van der Waals surface area contributed by atoms with Gasteiger partial charge in [0.1, 0.15) is 5.75 Å². The van der Waals surface area contributed by atoms with Gasteiger partial charge in [-0.1, -0.05) is 34.1 Å². The molecule has 30 heavy (non-hydrogen) atoms. The molecule has 7 nitrogen and oxygen atoms in total. The molecule has 3 aromatic carbocycles. The summed E-state index contributed by atoms with van der Waals surface area (Å²) in [5.74, 6) is -1.65. The summed E-state index contributed by atoms with van der Waals surface area (Å²) in [5.41, 5.74) is 0.823. The minimum Gasteiger partial charge on any atom is -0.545 e. The molecule has 0 aromatic heterocycles. The Labute approximate surface area is 180 Å². The first kappa shape index (κ1) is 21.1. The quantitative estimate of drug-likeness (QED) is 0.554. The number of carboxylic acid groups (broad SMARTS) is 1. The van der Waals surface area contributed by atoms with E-state index in [1.807, 2.05) is 12.1 Å². The zero-order valence-electron chi connectivity index (χ0n) is 15.6. The molecule has 0 fully saturated rings. The summed E-state index contributed by atoms with van der Waals surface area (Å²) in [5, 5.41) is 16.3. The molecule has 0 spiro atoms. The SMILES string of the molecule is O=C(COc1ccc(Br)cc1)Nc1ccc(C(=O)Nc2ccccc2C(=O)[O-])cc1. The molecule has 0 aliphatic carbocycles. The van der Waals surface area contributed by atoms with Gasteiger partial charge in [-0.05, 0) is 54.6 Å². The first-order valence-corrected chi connectivity index (χ1v) is 9.61. The molecule has 2 amide bonds. The molecule has 0 bridgehead atoms. The van der Waals surface area contributed by atoms with Crippen molar-refractivity contribution in [3.05, 3.63) is 88.4 Å². The number of para-hydroxylation sites is 1. The zero-order valence-corrected chi connectivity index (χ0v) is 17.1. The number of aromatic carboxylic acids is 1. The summed E-state index contributed by atoms with van der Waals surface area (Å²) in [6.45, 7) is -0.163. The van der Waals surface area contributed by atoms with Crippen LogP contribution in [0.4, 0.5) is 11.4 Å². The number of ether oxygens (including phenoxy) is 1. The largest absolute Gasteiger partial charge is 0.545 e. The summed E-state index contributed by atoms with van der Waals surface area (Å²) in [6, 6.07) is 19.2. The number of halogens is 1. The van der Waals surface area contributed by atoms with Gasteiger partial charge in [0.15, 0.2) is 6.61 Å². The molecule has 2 N–H and O–H groups in total. The molecule has 0 aliphatic heterocycles. The van der Waals surface area contributed by atoms with Gasteiger partial charge in [0.2, 0.25) is 0 Å². The highest BCUT2D eigenvalue weighted by molar-refractivity contribution is 9.10. The first-order chi connectivity index (χ1) is 14.4. The van der Waals surface area contributed by atoms with E-state index < -0.39 is 11.9 Å². The van der Waals surface area contributed by atoms with E-state index in [2.05, 4.69) is 26.6 Å². The van der Waals surface area contributed by atoms with Crippen LogP contribution < -0.4 is 20.5 Å². The molecular weight excluding hydrogens is 452 g/mol. The summed E-state index contributed by atoms with van der Waals surface area (Å²) >= 11 is 3.32. The van der Waals surface area contributed by atoms with Crippen molar-refractivity contribution < 1.29 is 24.2 Å². The molecule has 0 unspecified atom stereocenters. The van der Waals surface area contributed by atoms with Crippen molar-refractivity contribution in [2.45, 2.75) is 0 Å². The highest BCUT2D eigenvalue weighted by atomic mass is 79.9. The van der Waals surface area contributed by atoms with Gasteiger partial charge in [-0.15, -0.1) is 0 Å². The lowest BCUT2D eigenvalue weighted by molar-refractivity contribution is -0.254. The second-order valence-corrected chi connectivity index (χ2v) is 7.07. The first-order valence-electron chi connectivity index (χ1n) is 8.82. The van der Waals surface area contributed by atoms with Gasteiger partial charge < -0.3 is 25.3 Å². The van der Waals surface area contributed by atoms with Gasteiger partial charge in [0.05, 0.1) is 11.7 Å². The van der Waals surface area contributed by atoms with E-state index in [-0.39, 0.29) is 23.8 Å². The predicted octanol–water partition coefficient (Wildman–Crippen LogP) is 3.08. The Morgan fingerprint density at radius 3 is 2.20 bits per heavy atom. The van der Waals surface area contributed by atoms with Crippen LogP contribution in [-0.4, -0.2) is 24.4 Å². The van der Waals surface area contributed by atoms with Crippen molar-refractivity contribution in [1.29, 1.82) is 0 Å². The zero-order chi connectivity index (χ0) is 21.5. The van der Waals surface area contributed by atoms with Gasteiger partial charge in [0.25, 0.3) is 11.8 Å². The number of carboxylic acids is 1. The summed E-state index contributed by atoms with van der Waals surface area (Å²) in [6.07, 6.45) is 0. The Kier molecular flexibility index (Phi) is 6.82. The molecular formula is C22H16BrN2O5-. The maximum Gasteiger partial charge on any atom is 0.262 e. The van der Waals surface area contributed by atoms with Gasteiger partial charge in [-0.25, -0.2) is 0 Å². The molecule has 0 heterocycles. The summed E-state index contributed by atoms with van der Waals surface area (Å²) in [7, 11) is 0. The normalized spacial score (nSPS) is 10.2. The van der Waals surface area contributed by atoms with Gasteiger partial charge in [0, 0.05) is 21.3 Å². The van der Waals surface area contributed by atoms with E-state index in [9.17, 15) is 19.5 Å². The van der Waals surface area contributed by atoms with Crippen LogP contribution in [0.5, 0.6) is 5.75 Å². The number of anilines is 2. The van der Waals surface area contributed by atoms with Crippen LogP contribution >= 0.6 is 15.9 Å². The number of hydrogen-bond acceptors (Lipinski definition) is 5. The van der Waals surface area contributed by atoms with Crippen LogP contribution in [0, 0.1) is 0 Å². The molecule has 0 saturated heterocycles. The van der Waals surface area contributed by atoms with E-state index >= 15 is 0 Å². The molecule has 3 rings (SSSR count). The third-order valence-electron chi connectivity index (χ3n) is 4.01. The van der Waals surface area contributed by atoms with Gasteiger partial charge in [-0.2, -0.15) is 0 Å². The highest BCUT2D eigenvalue weighted by Crippen LogP contribution is 2.18. The van der Waals surface area contributed by atoms with Crippen LogP contribution in [0.25, 0.3) is 0 Å². The van der Waals surface area contributed by atoms with Crippen molar-refractivity contribution in [3.63, 3.8) is 0 Å². The average molecular weight is 468 g/mol. The van der Waals surface area contributed by atoms with Crippen molar-refractivity contribution in [3.8, 4) is 5.75 Å². The van der Waals surface area contributed by atoms with E-state index in [1.165, 1.54) is 24.3 Å². The van der Waals surface area contributed by atoms with E-state index in [0.717, 1.165) is 4.47 Å². The van der Waals surface area contributed by atoms with Gasteiger partial charge in [-0.3, -0.25) is 9.59 Å².